The molecule has 0 spiro atoms. The number of likely N-dealkylation sites (tertiary alicyclic amines) is 1. The van der Waals surface area contributed by atoms with E-state index in [0.717, 1.165) is 18.1 Å². The number of piperidine rings is 1. The van der Waals surface area contributed by atoms with E-state index in [9.17, 15) is 0 Å². The fraction of sp³-hybridized carbons (Fsp3) is 0.625. The summed E-state index contributed by atoms with van der Waals surface area (Å²) in [5.41, 5.74) is 1.21. The van der Waals surface area contributed by atoms with Crippen LogP contribution in [0.4, 0.5) is 0 Å². The Morgan fingerprint density at radius 1 is 1.35 bits per heavy atom. The molecule has 0 amide bonds. The molecule has 0 aliphatic carbocycles. The van der Waals surface area contributed by atoms with Gasteiger partial charge in [-0.15, -0.1) is 0 Å². The van der Waals surface area contributed by atoms with Gasteiger partial charge in [0.05, 0.1) is 0 Å². The van der Waals surface area contributed by atoms with Gasteiger partial charge < -0.3 is 5.32 Å². The van der Waals surface area contributed by atoms with Crippen LogP contribution in [-0.2, 0) is 0 Å². The third kappa shape index (κ3) is 3.48. The molecule has 0 saturated carbocycles. The molecule has 112 valence electrons. The van der Waals surface area contributed by atoms with Crippen molar-refractivity contribution in [3.05, 3.63) is 33.8 Å². The minimum absolute atomic E-state index is 0.376. The first-order chi connectivity index (χ1) is 9.54. The van der Waals surface area contributed by atoms with Crippen molar-refractivity contribution in [2.24, 2.45) is 5.92 Å². The molecule has 20 heavy (non-hydrogen) atoms. The lowest BCUT2D eigenvalue weighted by atomic mass is 9.83. The lowest BCUT2D eigenvalue weighted by Crippen LogP contribution is -2.45. The zero-order chi connectivity index (χ0) is 14.7. The molecule has 1 heterocycles. The van der Waals surface area contributed by atoms with Crippen LogP contribution in [0.3, 0.4) is 0 Å². The first kappa shape index (κ1) is 16.1. The van der Waals surface area contributed by atoms with Crippen molar-refractivity contribution in [1.82, 2.24) is 10.2 Å². The summed E-state index contributed by atoms with van der Waals surface area (Å²) in [5.74, 6) is 0.592. The second kappa shape index (κ2) is 7.13. The highest BCUT2D eigenvalue weighted by atomic mass is 35.5. The van der Waals surface area contributed by atoms with Crippen molar-refractivity contribution in [3.8, 4) is 0 Å². The van der Waals surface area contributed by atoms with E-state index in [-0.39, 0.29) is 0 Å². The molecule has 0 aromatic heterocycles. The number of benzene rings is 1. The van der Waals surface area contributed by atoms with Crippen molar-refractivity contribution >= 4 is 23.2 Å². The van der Waals surface area contributed by atoms with Gasteiger partial charge >= 0.3 is 0 Å². The van der Waals surface area contributed by atoms with Gasteiger partial charge in [-0.25, -0.2) is 0 Å². The lowest BCUT2D eigenvalue weighted by molar-refractivity contribution is 0.0637. The van der Waals surface area contributed by atoms with Crippen LogP contribution in [0.1, 0.15) is 38.3 Å². The predicted octanol–water partition coefficient (Wildman–Crippen LogP) is 4.37. The molecule has 1 aromatic rings. The minimum atomic E-state index is 0.376. The van der Waals surface area contributed by atoms with Crippen LogP contribution in [0.25, 0.3) is 0 Å². The number of halogens is 2. The van der Waals surface area contributed by atoms with Crippen LogP contribution >= 0.6 is 23.2 Å². The number of nitrogens with one attached hydrogen (secondary N) is 1. The van der Waals surface area contributed by atoms with E-state index >= 15 is 0 Å². The van der Waals surface area contributed by atoms with E-state index in [1.54, 1.807) is 0 Å². The van der Waals surface area contributed by atoms with Crippen molar-refractivity contribution in [1.29, 1.82) is 0 Å². The average Bonchev–Trinajstić information content (AvgIpc) is 2.39. The third-order valence-electron chi connectivity index (χ3n) is 4.21. The van der Waals surface area contributed by atoms with Crippen LogP contribution in [0.5, 0.6) is 0 Å². The molecule has 2 nitrogen and oxygen atoms in total. The van der Waals surface area contributed by atoms with Gasteiger partial charge in [0.15, 0.2) is 0 Å². The monoisotopic (exact) mass is 314 g/mol. The normalized spacial score (nSPS) is 24.3. The Kier molecular flexibility index (Phi) is 5.74. The Morgan fingerprint density at radius 3 is 2.70 bits per heavy atom. The molecule has 2 rings (SSSR count). The minimum Gasteiger partial charge on any atom is -0.319 e. The van der Waals surface area contributed by atoms with Crippen LogP contribution < -0.4 is 5.32 Å². The number of rotatable bonds is 4. The molecule has 0 radical (unpaired) electrons. The van der Waals surface area contributed by atoms with Gasteiger partial charge in [-0.3, -0.25) is 4.90 Å². The molecule has 1 saturated heterocycles. The summed E-state index contributed by atoms with van der Waals surface area (Å²) >= 11 is 12.5. The summed E-state index contributed by atoms with van der Waals surface area (Å²) in [7, 11) is 2.02. The van der Waals surface area contributed by atoms with Gasteiger partial charge in [-0.2, -0.15) is 0 Å². The molecule has 2 unspecified atom stereocenters. The fourth-order valence-corrected chi connectivity index (χ4v) is 3.85. The molecule has 0 bridgehead atoms. The maximum Gasteiger partial charge on any atom is 0.0468 e. The Bertz CT molecular complexity index is 446. The van der Waals surface area contributed by atoms with Crippen molar-refractivity contribution in [3.63, 3.8) is 0 Å². The van der Waals surface area contributed by atoms with Crippen LogP contribution in [0, 0.1) is 5.92 Å². The summed E-state index contributed by atoms with van der Waals surface area (Å²) in [6, 6.07) is 6.81. The topological polar surface area (TPSA) is 15.3 Å². The SMILES string of the molecule is CNCC1CCCN(C(C)C)C1c1ccc(Cl)cc1Cl. The van der Waals surface area contributed by atoms with Crippen LogP contribution in [0.2, 0.25) is 10.0 Å². The highest BCUT2D eigenvalue weighted by molar-refractivity contribution is 6.35. The fourth-order valence-electron chi connectivity index (χ4n) is 3.33. The zero-order valence-electron chi connectivity index (χ0n) is 12.5. The van der Waals surface area contributed by atoms with Gasteiger partial charge in [0.2, 0.25) is 0 Å². The summed E-state index contributed by atoms with van der Waals surface area (Å²) < 4.78 is 0. The quantitative estimate of drug-likeness (QED) is 0.887. The van der Waals surface area contributed by atoms with Gasteiger partial charge in [0.1, 0.15) is 0 Å². The lowest BCUT2D eigenvalue weighted by Gasteiger charge is -2.44. The maximum absolute atomic E-state index is 6.47. The first-order valence-electron chi connectivity index (χ1n) is 7.40. The Balaban J connectivity index is 2.37. The van der Waals surface area contributed by atoms with E-state index < -0.39 is 0 Å². The third-order valence-corrected chi connectivity index (χ3v) is 4.77. The maximum atomic E-state index is 6.47. The predicted molar refractivity (Wildman–Crippen MR) is 87.7 cm³/mol. The Labute approximate surface area is 132 Å². The molecule has 1 aromatic carbocycles. The van der Waals surface area contributed by atoms with Crippen LogP contribution in [-0.4, -0.2) is 31.1 Å². The molecule has 1 aliphatic heterocycles. The van der Waals surface area contributed by atoms with Gasteiger partial charge in [-0.1, -0.05) is 29.3 Å². The average molecular weight is 315 g/mol. The number of nitrogens with zero attached hydrogens (tertiary/aromatic N) is 1. The second-order valence-electron chi connectivity index (χ2n) is 5.90. The Morgan fingerprint density at radius 2 is 2.10 bits per heavy atom. The van der Waals surface area contributed by atoms with Gasteiger partial charge in [0.25, 0.3) is 0 Å². The van der Waals surface area contributed by atoms with E-state index in [0.29, 0.717) is 23.0 Å². The van der Waals surface area contributed by atoms with Crippen molar-refractivity contribution in [2.75, 3.05) is 20.1 Å². The molecular formula is C16H24Cl2N2. The van der Waals surface area contributed by atoms with Gasteiger partial charge in [0, 0.05) is 22.1 Å². The molecular weight excluding hydrogens is 291 g/mol. The smallest absolute Gasteiger partial charge is 0.0468 e. The molecule has 1 fully saturated rings. The number of hydrogen-bond acceptors (Lipinski definition) is 2. The zero-order valence-corrected chi connectivity index (χ0v) is 14.0. The second-order valence-corrected chi connectivity index (χ2v) is 6.75. The standard InChI is InChI=1S/C16H24Cl2N2/c1-11(2)20-8-4-5-12(10-19-3)16(20)14-7-6-13(17)9-15(14)18/h6-7,9,11-12,16,19H,4-5,8,10H2,1-3H3. The summed E-state index contributed by atoms with van der Waals surface area (Å²) in [5, 5.41) is 4.82. The summed E-state index contributed by atoms with van der Waals surface area (Å²) in [4.78, 5) is 2.57. The number of hydrogen-bond donors (Lipinski definition) is 1. The molecule has 2 atom stereocenters. The Hall–Kier alpha value is -0.280. The first-order valence-corrected chi connectivity index (χ1v) is 8.15. The summed E-state index contributed by atoms with van der Waals surface area (Å²) in [6.45, 7) is 6.69. The summed E-state index contributed by atoms with van der Waals surface area (Å²) in [6.07, 6.45) is 2.50. The van der Waals surface area contributed by atoms with E-state index in [2.05, 4.69) is 30.1 Å². The van der Waals surface area contributed by atoms with E-state index in [4.69, 9.17) is 23.2 Å². The largest absolute Gasteiger partial charge is 0.319 e. The highest BCUT2D eigenvalue weighted by Crippen LogP contribution is 2.40. The van der Waals surface area contributed by atoms with E-state index in [1.165, 1.54) is 18.4 Å². The highest BCUT2D eigenvalue weighted by Gasteiger charge is 2.34. The molecule has 1 aliphatic rings. The van der Waals surface area contributed by atoms with E-state index in [1.807, 2.05) is 19.2 Å². The van der Waals surface area contributed by atoms with Crippen molar-refractivity contribution < 1.29 is 0 Å². The van der Waals surface area contributed by atoms with Crippen LogP contribution in [0.15, 0.2) is 18.2 Å². The molecule has 4 heteroatoms. The molecule has 1 N–H and O–H groups in total. The van der Waals surface area contributed by atoms with Gasteiger partial charge in [-0.05, 0) is 70.4 Å². The van der Waals surface area contributed by atoms with Crippen molar-refractivity contribution in [2.45, 2.75) is 38.8 Å².